The molecule has 0 heterocycles. The first-order valence-corrected chi connectivity index (χ1v) is 40.0. The van der Waals surface area contributed by atoms with Gasteiger partial charge in [0.15, 0.2) is 12.2 Å². The van der Waals surface area contributed by atoms with Gasteiger partial charge in [0, 0.05) is 12.8 Å². The summed E-state index contributed by atoms with van der Waals surface area (Å²) in [6.45, 7) is 4.19. The van der Waals surface area contributed by atoms with Gasteiger partial charge in [0.25, 0.3) is 0 Å². The SMILES string of the molecule is CC/C=C\C/C=C\C/C=C\C/C=C\C/C=C\CC(=O)OCC(COP(=O)(O)OCC(O)COP(=O)(O)OCC(COC(=O)CCCCCCC/C=C\C/C=C\C/C=C\CC)OC(=O)CCCCCCC/C=C\C/C=C\CCCCC)OC(=O)C/C=C\C/C=C\C/C=C\C/C=C\C/C=C\CC. The molecule has 0 rings (SSSR count). The van der Waals surface area contributed by atoms with E-state index in [4.69, 9.17) is 37.0 Å². The highest BCUT2D eigenvalue weighted by Crippen LogP contribution is 2.45. The molecule has 0 bridgehead atoms. The fourth-order valence-corrected chi connectivity index (χ4v) is 10.5. The third-order valence-electron chi connectivity index (χ3n) is 14.4. The summed E-state index contributed by atoms with van der Waals surface area (Å²) in [6.07, 6.45) is 85.3. The molecule has 0 aromatic rings. The van der Waals surface area contributed by atoms with E-state index < -0.39 is 97.5 Å². The minimum absolute atomic E-state index is 0.0636. The Morgan fingerprint density at radius 1 is 0.300 bits per heavy atom. The van der Waals surface area contributed by atoms with E-state index in [2.05, 4.69) is 161 Å². The average Bonchev–Trinajstić information content (AvgIpc) is 1.01. The second-order valence-electron chi connectivity index (χ2n) is 23.8. The standard InChI is InChI=1S/C81H128O17P2/c1-5-9-13-17-21-25-29-33-37-41-45-49-53-57-61-65-78(83)91-71-76(97-80(85)67-63-59-55-51-47-43-39-35-31-27-23-19-15-11-7-3)73-95-99(87,88)93-69-75(82)70-94-100(89,90)96-74-77(98-81(86)68-64-60-56-52-48-44-40-36-32-28-24-20-16-12-8-4)72-92-79(84)66-62-58-54-50-46-42-38-34-30-26-22-18-14-10-6-2/h9-11,13-15,21-28,33-40,45,47,49,51,57,59,61,63,75-77,82H,5-8,12,16-20,29-32,41-44,46,48,50,52-56,58,60,62,64-74H2,1-4H3,(H,87,88)(H,89,90)/b13-9-,14-10-,15-11-,25-21-,26-22-,27-23-,28-24-,37-33-,38-34-,39-35-,40-36-,49-45-,51-47-,61-57-,63-59-. The molecule has 0 amide bonds. The normalized spacial score (nSPS) is 15.0. The Morgan fingerprint density at radius 2 is 0.570 bits per heavy atom. The molecule has 0 aliphatic rings. The number of aliphatic hydroxyl groups excluding tert-OH is 1. The van der Waals surface area contributed by atoms with Crippen LogP contribution in [-0.2, 0) is 65.4 Å². The molecule has 0 saturated heterocycles. The molecular formula is C81H128O17P2. The molecule has 0 fully saturated rings. The molecule has 0 aromatic heterocycles. The largest absolute Gasteiger partial charge is 0.472 e. The maximum Gasteiger partial charge on any atom is 0.472 e. The van der Waals surface area contributed by atoms with E-state index in [1.54, 1.807) is 24.3 Å². The summed E-state index contributed by atoms with van der Waals surface area (Å²) >= 11 is 0. The predicted molar refractivity (Wildman–Crippen MR) is 408 cm³/mol. The lowest BCUT2D eigenvalue weighted by atomic mass is 10.1. The van der Waals surface area contributed by atoms with Gasteiger partial charge >= 0.3 is 39.5 Å². The molecule has 100 heavy (non-hydrogen) atoms. The van der Waals surface area contributed by atoms with Crippen LogP contribution in [0.4, 0.5) is 0 Å². The highest BCUT2D eigenvalue weighted by molar-refractivity contribution is 7.47. The summed E-state index contributed by atoms with van der Waals surface area (Å²) < 4.78 is 68.1. The third kappa shape index (κ3) is 70.6. The van der Waals surface area contributed by atoms with Crippen molar-refractivity contribution in [3.05, 3.63) is 182 Å². The summed E-state index contributed by atoms with van der Waals surface area (Å²) in [4.78, 5) is 72.7. The number of phosphoric ester groups is 2. The lowest BCUT2D eigenvalue weighted by Crippen LogP contribution is -2.30. The third-order valence-corrected chi connectivity index (χ3v) is 16.3. The number of carbonyl (C=O) groups is 4. The number of rotatable bonds is 67. The number of esters is 4. The fourth-order valence-electron chi connectivity index (χ4n) is 8.88. The Kier molecular flexibility index (Phi) is 67.4. The van der Waals surface area contributed by atoms with Gasteiger partial charge in [-0.15, -0.1) is 0 Å². The van der Waals surface area contributed by atoms with Crippen LogP contribution in [0.5, 0.6) is 0 Å². The van der Waals surface area contributed by atoms with E-state index in [0.717, 1.165) is 148 Å². The Bertz CT molecular complexity index is 2620. The predicted octanol–water partition coefficient (Wildman–Crippen LogP) is 21.2. The Labute approximate surface area is 603 Å². The summed E-state index contributed by atoms with van der Waals surface area (Å²) in [5.74, 6) is -2.53. The lowest BCUT2D eigenvalue weighted by Gasteiger charge is -2.21. The smallest absolute Gasteiger partial charge is 0.462 e. The second-order valence-corrected chi connectivity index (χ2v) is 26.7. The number of phosphoric acid groups is 2. The highest BCUT2D eigenvalue weighted by atomic mass is 31.2. The molecule has 19 heteroatoms. The number of hydrogen-bond acceptors (Lipinski definition) is 15. The molecule has 0 spiro atoms. The molecule has 5 atom stereocenters. The van der Waals surface area contributed by atoms with Gasteiger partial charge in [0.2, 0.25) is 0 Å². The molecule has 17 nitrogen and oxygen atoms in total. The Hall–Kier alpha value is -5.84. The first-order valence-electron chi connectivity index (χ1n) is 37.0. The molecular weight excluding hydrogens is 1310 g/mol. The van der Waals surface area contributed by atoms with Crippen LogP contribution in [0.3, 0.4) is 0 Å². The molecule has 0 aromatic carbocycles. The van der Waals surface area contributed by atoms with Crippen molar-refractivity contribution in [2.75, 3.05) is 39.6 Å². The molecule has 0 saturated carbocycles. The van der Waals surface area contributed by atoms with Gasteiger partial charge < -0.3 is 33.8 Å². The highest BCUT2D eigenvalue weighted by Gasteiger charge is 2.30. The van der Waals surface area contributed by atoms with Gasteiger partial charge in [-0.3, -0.25) is 37.3 Å². The maximum absolute atomic E-state index is 13.1. The lowest BCUT2D eigenvalue weighted by molar-refractivity contribution is -0.161. The van der Waals surface area contributed by atoms with Crippen molar-refractivity contribution < 1.29 is 80.2 Å². The summed E-state index contributed by atoms with van der Waals surface area (Å²) in [5.41, 5.74) is 0. The van der Waals surface area contributed by atoms with Gasteiger partial charge in [-0.05, 0) is 141 Å². The van der Waals surface area contributed by atoms with E-state index in [9.17, 15) is 43.2 Å². The van der Waals surface area contributed by atoms with Crippen LogP contribution >= 0.6 is 15.6 Å². The number of unbranched alkanes of at least 4 members (excludes halogenated alkanes) is 13. The number of aliphatic hydroxyl groups is 1. The van der Waals surface area contributed by atoms with Gasteiger partial charge in [0.05, 0.1) is 39.3 Å². The van der Waals surface area contributed by atoms with Gasteiger partial charge in [0.1, 0.15) is 19.3 Å². The van der Waals surface area contributed by atoms with Crippen molar-refractivity contribution >= 4 is 39.5 Å². The first-order chi connectivity index (χ1) is 48.7. The minimum atomic E-state index is -5.03. The Morgan fingerprint density at radius 3 is 0.930 bits per heavy atom. The molecule has 0 aliphatic carbocycles. The minimum Gasteiger partial charge on any atom is -0.462 e. The van der Waals surface area contributed by atoms with Crippen molar-refractivity contribution in [3.63, 3.8) is 0 Å². The zero-order valence-electron chi connectivity index (χ0n) is 61.3. The second kappa shape index (κ2) is 71.6. The number of hydrogen-bond donors (Lipinski definition) is 3. The van der Waals surface area contributed by atoms with Crippen LogP contribution in [0.1, 0.15) is 246 Å². The van der Waals surface area contributed by atoms with Crippen LogP contribution in [0.2, 0.25) is 0 Å². The van der Waals surface area contributed by atoms with E-state index in [1.165, 1.54) is 19.3 Å². The van der Waals surface area contributed by atoms with E-state index in [-0.39, 0.29) is 25.7 Å². The maximum atomic E-state index is 13.1. The van der Waals surface area contributed by atoms with Crippen LogP contribution in [-0.4, -0.2) is 96.7 Å². The fraction of sp³-hybridized carbons (Fsp3) is 0.580. The van der Waals surface area contributed by atoms with E-state index in [1.807, 2.05) is 24.3 Å². The van der Waals surface area contributed by atoms with Gasteiger partial charge in [-0.2, -0.15) is 0 Å². The van der Waals surface area contributed by atoms with Crippen molar-refractivity contribution in [1.29, 1.82) is 0 Å². The molecule has 5 unspecified atom stereocenters. The average molecular weight is 1440 g/mol. The van der Waals surface area contributed by atoms with Crippen molar-refractivity contribution in [1.82, 2.24) is 0 Å². The molecule has 3 N–H and O–H groups in total. The quantitative estimate of drug-likeness (QED) is 0.0169. The topological polar surface area (TPSA) is 237 Å². The van der Waals surface area contributed by atoms with Crippen LogP contribution in [0.15, 0.2) is 182 Å². The first kappa shape index (κ1) is 94.2. The zero-order valence-corrected chi connectivity index (χ0v) is 63.1. The van der Waals surface area contributed by atoms with Gasteiger partial charge in [-0.1, -0.05) is 261 Å². The van der Waals surface area contributed by atoms with E-state index in [0.29, 0.717) is 25.7 Å². The summed E-state index contributed by atoms with van der Waals surface area (Å²) in [7, 11) is -10.0. The van der Waals surface area contributed by atoms with Crippen LogP contribution < -0.4 is 0 Å². The number of ether oxygens (including phenoxy) is 4. The summed E-state index contributed by atoms with van der Waals surface area (Å²) in [5, 5.41) is 10.6. The van der Waals surface area contributed by atoms with Gasteiger partial charge in [-0.25, -0.2) is 9.13 Å². The van der Waals surface area contributed by atoms with Crippen LogP contribution in [0, 0.1) is 0 Å². The summed E-state index contributed by atoms with van der Waals surface area (Å²) in [6, 6.07) is 0. The number of allylic oxidation sites excluding steroid dienone is 28. The van der Waals surface area contributed by atoms with Crippen molar-refractivity contribution in [2.45, 2.75) is 264 Å². The molecule has 0 radical (unpaired) electrons. The van der Waals surface area contributed by atoms with Crippen molar-refractivity contribution in [3.8, 4) is 0 Å². The molecule has 0 aliphatic heterocycles. The monoisotopic (exact) mass is 1430 g/mol. The zero-order chi connectivity index (χ0) is 73.2. The number of carbonyl (C=O) groups excluding carboxylic acids is 4. The van der Waals surface area contributed by atoms with Crippen LogP contribution in [0.25, 0.3) is 0 Å². The Balaban J connectivity index is 5.54. The van der Waals surface area contributed by atoms with Crippen molar-refractivity contribution in [2.24, 2.45) is 0 Å². The van der Waals surface area contributed by atoms with E-state index >= 15 is 0 Å². The molecule has 564 valence electrons.